The molecule has 0 spiro atoms. The van der Waals surface area contributed by atoms with E-state index in [1.807, 2.05) is 0 Å². The Balaban J connectivity index is 2.60. The highest BCUT2D eigenvalue weighted by molar-refractivity contribution is 6.13. The molecule has 1 rings (SSSR count). The lowest BCUT2D eigenvalue weighted by atomic mass is 10.3. The fourth-order valence-electron chi connectivity index (χ4n) is 0.874. The highest BCUT2D eigenvalue weighted by atomic mass is 16.3. The second-order valence-corrected chi connectivity index (χ2v) is 2.54. The Labute approximate surface area is 73.6 Å². The summed E-state index contributed by atoms with van der Waals surface area (Å²) in [4.78, 5) is 32.9. The first-order valence-electron chi connectivity index (χ1n) is 3.53. The normalized spacial score (nSPS) is 18.1. The van der Waals surface area contributed by atoms with Crippen molar-refractivity contribution in [2.24, 2.45) is 5.73 Å². The largest absolute Gasteiger partial charge is 0.381 e. The SMILES string of the molecule is NC(=O)C(O)CN1C(=O)C=CC1=O. The number of β-amino-alcohol motifs (C(OH)–C–C–N with tert-alkyl or cyclic N) is 1. The summed E-state index contributed by atoms with van der Waals surface area (Å²) in [6, 6.07) is 0. The molecule has 6 nitrogen and oxygen atoms in total. The van der Waals surface area contributed by atoms with E-state index in [2.05, 4.69) is 0 Å². The Morgan fingerprint density at radius 3 is 2.31 bits per heavy atom. The molecular weight excluding hydrogens is 176 g/mol. The molecule has 3 amide bonds. The summed E-state index contributed by atoms with van der Waals surface area (Å²) >= 11 is 0. The van der Waals surface area contributed by atoms with E-state index in [0.717, 1.165) is 17.1 Å². The monoisotopic (exact) mass is 184 g/mol. The fourth-order valence-corrected chi connectivity index (χ4v) is 0.874. The highest BCUT2D eigenvalue weighted by Gasteiger charge is 2.27. The van der Waals surface area contributed by atoms with Crippen LogP contribution in [0.25, 0.3) is 0 Å². The van der Waals surface area contributed by atoms with Crippen LogP contribution in [0.4, 0.5) is 0 Å². The quantitative estimate of drug-likeness (QED) is 0.484. The van der Waals surface area contributed by atoms with Gasteiger partial charge in [0.1, 0.15) is 0 Å². The Bertz CT molecular complexity index is 279. The van der Waals surface area contributed by atoms with Crippen molar-refractivity contribution in [3.8, 4) is 0 Å². The lowest BCUT2D eigenvalue weighted by Gasteiger charge is -2.15. The predicted octanol–water partition coefficient (Wildman–Crippen LogP) is -2.24. The average molecular weight is 184 g/mol. The van der Waals surface area contributed by atoms with Crippen molar-refractivity contribution >= 4 is 17.7 Å². The van der Waals surface area contributed by atoms with Crippen LogP contribution in [0.15, 0.2) is 12.2 Å². The van der Waals surface area contributed by atoms with Gasteiger partial charge in [-0.1, -0.05) is 0 Å². The third-order valence-corrected chi connectivity index (χ3v) is 1.58. The summed E-state index contributed by atoms with van der Waals surface area (Å²) < 4.78 is 0. The Morgan fingerprint density at radius 2 is 1.92 bits per heavy atom. The van der Waals surface area contributed by atoms with Gasteiger partial charge in [0.05, 0.1) is 6.54 Å². The van der Waals surface area contributed by atoms with Gasteiger partial charge in [-0.3, -0.25) is 19.3 Å². The summed E-state index contributed by atoms with van der Waals surface area (Å²) in [5.41, 5.74) is 4.75. The maximum Gasteiger partial charge on any atom is 0.253 e. The van der Waals surface area contributed by atoms with Crippen LogP contribution in [-0.2, 0) is 14.4 Å². The summed E-state index contributed by atoms with van der Waals surface area (Å²) in [7, 11) is 0. The molecule has 3 N–H and O–H groups in total. The van der Waals surface area contributed by atoms with Crippen LogP contribution in [0.1, 0.15) is 0 Å². The lowest BCUT2D eigenvalue weighted by Crippen LogP contribution is -2.42. The number of primary amides is 1. The van der Waals surface area contributed by atoms with E-state index in [9.17, 15) is 14.4 Å². The van der Waals surface area contributed by atoms with E-state index in [1.54, 1.807) is 0 Å². The van der Waals surface area contributed by atoms with Crippen molar-refractivity contribution < 1.29 is 19.5 Å². The van der Waals surface area contributed by atoms with E-state index in [4.69, 9.17) is 10.8 Å². The van der Waals surface area contributed by atoms with Crippen molar-refractivity contribution in [3.63, 3.8) is 0 Å². The minimum atomic E-state index is -1.51. The van der Waals surface area contributed by atoms with Crippen LogP contribution in [0, 0.1) is 0 Å². The third kappa shape index (κ3) is 1.91. The molecule has 13 heavy (non-hydrogen) atoms. The number of amides is 3. The molecule has 0 aromatic heterocycles. The molecule has 70 valence electrons. The van der Waals surface area contributed by atoms with Gasteiger partial charge in [0.2, 0.25) is 5.91 Å². The van der Waals surface area contributed by atoms with Crippen molar-refractivity contribution in [1.82, 2.24) is 4.90 Å². The van der Waals surface area contributed by atoms with Crippen molar-refractivity contribution in [2.75, 3.05) is 6.54 Å². The number of carbonyl (C=O) groups excluding carboxylic acids is 3. The number of imide groups is 1. The molecule has 0 aromatic carbocycles. The number of nitrogens with zero attached hydrogens (tertiary/aromatic N) is 1. The Morgan fingerprint density at radius 1 is 1.46 bits per heavy atom. The molecule has 1 atom stereocenters. The number of nitrogens with two attached hydrogens (primary N) is 1. The van der Waals surface area contributed by atoms with Gasteiger partial charge >= 0.3 is 0 Å². The van der Waals surface area contributed by atoms with Gasteiger partial charge in [-0.05, 0) is 0 Å². The standard InChI is InChI=1S/C7H8N2O4/c8-7(13)4(10)3-9-5(11)1-2-6(9)12/h1-2,4,10H,3H2,(H2,8,13). The number of rotatable bonds is 3. The van der Waals surface area contributed by atoms with Gasteiger partial charge in [-0.15, -0.1) is 0 Å². The zero-order valence-corrected chi connectivity index (χ0v) is 6.64. The minimum absolute atomic E-state index is 0.389. The topological polar surface area (TPSA) is 101 Å². The molecule has 0 bridgehead atoms. The molecule has 0 saturated carbocycles. The van der Waals surface area contributed by atoms with E-state index in [1.165, 1.54) is 0 Å². The zero-order valence-electron chi connectivity index (χ0n) is 6.64. The van der Waals surface area contributed by atoms with Gasteiger partial charge in [0.15, 0.2) is 6.10 Å². The first-order valence-corrected chi connectivity index (χ1v) is 3.53. The van der Waals surface area contributed by atoms with E-state index in [0.29, 0.717) is 0 Å². The second-order valence-electron chi connectivity index (χ2n) is 2.54. The highest BCUT2D eigenvalue weighted by Crippen LogP contribution is 2.03. The molecule has 0 saturated heterocycles. The molecule has 0 aromatic rings. The maximum absolute atomic E-state index is 10.9. The van der Waals surface area contributed by atoms with Gasteiger partial charge in [0, 0.05) is 12.2 Å². The Hall–Kier alpha value is -1.69. The van der Waals surface area contributed by atoms with Gasteiger partial charge in [-0.25, -0.2) is 0 Å². The summed E-state index contributed by atoms with van der Waals surface area (Å²) in [5.74, 6) is -2.07. The zero-order chi connectivity index (χ0) is 10.0. The molecule has 0 fully saturated rings. The van der Waals surface area contributed by atoms with Crippen LogP contribution < -0.4 is 5.73 Å². The fraction of sp³-hybridized carbons (Fsp3) is 0.286. The van der Waals surface area contributed by atoms with Crippen LogP contribution in [-0.4, -0.2) is 40.4 Å². The second kappa shape index (κ2) is 3.36. The van der Waals surface area contributed by atoms with Crippen molar-refractivity contribution in [1.29, 1.82) is 0 Å². The summed E-state index contributed by atoms with van der Waals surface area (Å²) in [6.45, 7) is -0.389. The minimum Gasteiger partial charge on any atom is -0.381 e. The molecular formula is C7H8N2O4. The number of carbonyl (C=O) groups is 3. The van der Waals surface area contributed by atoms with E-state index >= 15 is 0 Å². The van der Waals surface area contributed by atoms with Gasteiger partial charge in [-0.2, -0.15) is 0 Å². The predicted molar refractivity (Wildman–Crippen MR) is 41.1 cm³/mol. The van der Waals surface area contributed by atoms with Crippen LogP contribution >= 0.6 is 0 Å². The molecule has 1 aliphatic rings. The van der Waals surface area contributed by atoms with Gasteiger partial charge in [0.25, 0.3) is 11.8 Å². The summed E-state index contributed by atoms with van der Waals surface area (Å²) in [6.07, 6.45) is 0.624. The van der Waals surface area contributed by atoms with E-state index in [-0.39, 0.29) is 6.54 Å². The van der Waals surface area contributed by atoms with Gasteiger partial charge < -0.3 is 10.8 Å². The summed E-state index contributed by atoms with van der Waals surface area (Å²) in [5, 5.41) is 8.97. The van der Waals surface area contributed by atoms with Crippen LogP contribution in [0.5, 0.6) is 0 Å². The number of hydrogen-bond donors (Lipinski definition) is 2. The molecule has 0 aliphatic carbocycles. The number of hydrogen-bond acceptors (Lipinski definition) is 4. The van der Waals surface area contributed by atoms with Crippen LogP contribution in [0.2, 0.25) is 0 Å². The molecule has 0 radical (unpaired) electrons. The first-order chi connectivity index (χ1) is 6.02. The molecule has 1 unspecified atom stereocenters. The van der Waals surface area contributed by atoms with Crippen LogP contribution in [0.3, 0.4) is 0 Å². The molecule has 6 heteroatoms. The average Bonchev–Trinajstić information content (AvgIpc) is 2.35. The third-order valence-electron chi connectivity index (χ3n) is 1.58. The Kier molecular flexibility index (Phi) is 2.43. The molecule has 1 heterocycles. The molecule has 1 aliphatic heterocycles. The van der Waals surface area contributed by atoms with Crippen molar-refractivity contribution in [2.45, 2.75) is 6.10 Å². The number of aliphatic hydroxyl groups excluding tert-OH is 1. The number of aliphatic hydroxyl groups is 1. The smallest absolute Gasteiger partial charge is 0.253 e. The maximum atomic E-state index is 10.9. The lowest BCUT2D eigenvalue weighted by molar-refractivity contribution is -0.140. The first kappa shape index (κ1) is 9.40. The van der Waals surface area contributed by atoms with E-state index < -0.39 is 23.8 Å². The van der Waals surface area contributed by atoms with Crippen molar-refractivity contribution in [3.05, 3.63) is 12.2 Å².